The lowest BCUT2D eigenvalue weighted by Gasteiger charge is -2.31. The van der Waals surface area contributed by atoms with Gasteiger partial charge in [0.2, 0.25) is 5.91 Å². The minimum absolute atomic E-state index is 0.135. The number of hydrogen-bond donors (Lipinski definition) is 1. The zero-order valence-corrected chi connectivity index (χ0v) is 11.1. The number of nitrogens with zero attached hydrogens (tertiary/aromatic N) is 1. The molecule has 1 amide bonds. The summed E-state index contributed by atoms with van der Waals surface area (Å²) in [5.41, 5.74) is 6.33. The minimum atomic E-state index is -0.367. The van der Waals surface area contributed by atoms with Crippen molar-refractivity contribution in [1.82, 2.24) is 4.90 Å². The molecule has 0 radical (unpaired) electrons. The van der Waals surface area contributed by atoms with Crippen molar-refractivity contribution < 1.29 is 4.79 Å². The number of amides is 1. The van der Waals surface area contributed by atoms with Crippen LogP contribution in [0.1, 0.15) is 34.6 Å². The first-order valence-electron chi connectivity index (χ1n) is 6.20. The van der Waals surface area contributed by atoms with Crippen molar-refractivity contribution in [3.05, 3.63) is 0 Å². The van der Waals surface area contributed by atoms with Crippen LogP contribution in [-0.2, 0) is 4.79 Å². The van der Waals surface area contributed by atoms with Crippen LogP contribution in [0.25, 0.3) is 0 Å². The second-order valence-corrected chi connectivity index (χ2v) is 7.12. The predicted octanol–water partition coefficient (Wildman–Crippen LogP) is 1.47. The van der Waals surface area contributed by atoms with Crippen molar-refractivity contribution in [2.45, 2.75) is 40.7 Å². The molecule has 2 fully saturated rings. The molecule has 0 aromatic heterocycles. The van der Waals surface area contributed by atoms with Gasteiger partial charge < -0.3 is 10.6 Å². The van der Waals surface area contributed by atoms with E-state index in [0.29, 0.717) is 17.3 Å². The van der Waals surface area contributed by atoms with Crippen molar-refractivity contribution in [3.8, 4) is 0 Å². The Labute approximate surface area is 98.4 Å². The van der Waals surface area contributed by atoms with Gasteiger partial charge in [-0.2, -0.15) is 0 Å². The molecule has 1 aliphatic carbocycles. The fourth-order valence-electron chi connectivity index (χ4n) is 2.88. The average molecular weight is 224 g/mol. The molecule has 1 saturated heterocycles. The molecule has 2 N–H and O–H groups in total. The number of carbonyl (C=O) groups excluding carboxylic acids is 1. The quantitative estimate of drug-likeness (QED) is 0.733. The van der Waals surface area contributed by atoms with Crippen LogP contribution in [0, 0.1) is 22.7 Å². The van der Waals surface area contributed by atoms with Gasteiger partial charge in [-0.25, -0.2) is 0 Å². The zero-order valence-electron chi connectivity index (χ0n) is 11.1. The van der Waals surface area contributed by atoms with E-state index in [2.05, 4.69) is 13.8 Å². The molecule has 2 aliphatic rings. The number of hydrogen-bond acceptors (Lipinski definition) is 2. The summed E-state index contributed by atoms with van der Waals surface area (Å²) >= 11 is 0. The zero-order chi connectivity index (χ0) is 12.3. The Morgan fingerprint density at radius 3 is 2.12 bits per heavy atom. The van der Waals surface area contributed by atoms with Gasteiger partial charge in [0.25, 0.3) is 0 Å². The summed E-state index contributed by atoms with van der Waals surface area (Å²) in [6.45, 7) is 12.5. The first-order chi connectivity index (χ1) is 7.15. The summed E-state index contributed by atoms with van der Waals surface area (Å²) in [7, 11) is 0. The molecular weight excluding hydrogens is 200 g/mol. The molecule has 3 atom stereocenters. The van der Waals surface area contributed by atoms with E-state index in [1.165, 1.54) is 0 Å². The topological polar surface area (TPSA) is 46.3 Å². The van der Waals surface area contributed by atoms with E-state index in [1.807, 2.05) is 25.7 Å². The van der Waals surface area contributed by atoms with Gasteiger partial charge in [0.1, 0.15) is 0 Å². The second-order valence-electron chi connectivity index (χ2n) is 7.12. The van der Waals surface area contributed by atoms with Gasteiger partial charge in [-0.05, 0) is 22.7 Å². The minimum Gasteiger partial charge on any atom is -0.341 e. The molecular formula is C13H24N2O. The number of nitrogens with two attached hydrogens (primary N) is 1. The van der Waals surface area contributed by atoms with Crippen LogP contribution in [0.15, 0.2) is 0 Å². The fraction of sp³-hybridized carbons (Fsp3) is 0.923. The summed E-state index contributed by atoms with van der Waals surface area (Å²) < 4.78 is 0. The Balaban J connectivity index is 1.95. The van der Waals surface area contributed by atoms with Crippen LogP contribution >= 0.6 is 0 Å². The molecule has 0 aromatic carbocycles. The van der Waals surface area contributed by atoms with Crippen LogP contribution in [0.2, 0.25) is 0 Å². The highest BCUT2D eigenvalue weighted by Crippen LogP contribution is 2.62. The SMILES string of the molecule is CC(C)(C)[C@H](N)C(=O)N1CC2[C@@H](C1)C2(C)C. The maximum atomic E-state index is 12.2. The van der Waals surface area contributed by atoms with Gasteiger partial charge in [-0.3, -0.25) is 4.79 Å². The maximum absolute atomic E-state index is 12.2. The molecule has 3 heteroatoms. The molecule has 1 aliphatic heterocycles. The van der Waals surface area contributed by atoms with Gasteiger partial charge in [0.05, 0.1) is 6.04 Å². The third kappa shape index (κ3) is 1.65. The van der Waals surface area contributed by atoms with Crippen molar-refractivity contribution in [2.24, 2.45) is 28.4 Å². The highest BCUT2D eigenvalue weighted by molar-refractivity contribution is 5.83. The Hall–Kier alpha value is -0.570. The second kappa shape index (κ2) is 3.22. The lowest BCUT2D eigenvalue weighted by molar-refractivity contribution is -0.134. The predicted molar refractivity (Wildman–Crippen MR) is 64.8 cm³/mol. The molecule has 3 nitrogen and oxygen atoms in total. The Morgan fingerprint density at radius 2 is 1.75 bits per heavy atom. The van der Waals surface area contributed by atoms with Crippen LogP contribution in [0.4, 0.5) is 0 Å². The lowest BCUT2D eigenvalue weighted by atomic mass is 9.86. The Kier molecular flexibility index (Phi) is 2.40. The highest BCUT2D eigenvalue weighted by Gasteiger charge is 2.62. The number of piperidine rings is 1. The summed E-state index contributed by atoms with van der Waals surface area (Å²) in [6.07, 6.45) is 0. The van der Waals surface area contributed by atoms with E-state index in [0.717, 1.165) is 13.1 Å². The van der Waals surface area contributed by atoms with Crippen molar-refractivity contribution in [1.29, 1.82) is 0 Å². The van der Waals surface area contributed by atoms with E-state index < -0.39 is 0 Å². The maximum Gasteiger partial charge on any atom is 0.240 e. The van der Waals surface area contributed by atoms with E-state index >= 15 is 0 Å². The van der Waals surface area contributed by atoms with Crippen LogP contribution < -0.4 is 5.73 Å². The fourth-order valence-corrected chi connectivity index (χ4v) is 2.88. The van der Waals surface area contributed by atoms with E-state index in [-0.39, 0.29) is 17.4 Å². The van der Waals surface area contributed by atoms with Crippen molar-refractivity contribution in [2.75, 3.05) is 13.1 Å². The van der Waals surface area contributed by atoms with Gasteiger partial charge in [0.15, 0.2) is 0 Å². The summed E-state index contributed by atoms with van der Waals surface area (Å²) in [5.74, 6) is 1.56. The third-order valence-electron chi connectivity index (χ3n) is 4.63. The van der Waals surface area contributed by atoms with Crippen molar-refractivity contribution >= 4 is 5.91 Å². The lowest BCUT2D eigenvalue weighted by Crippen LogP contribution is -2.50. The number of likely N-dealkylation sites (tertiary alicyclic amines) is 1. The van der Waals surface area contributed by atoms with Gasteiger partial charge in [-0.15, -0.1) is 0 Å². The van der Waals surface area contributed by atoms with Crippen LogP contribution in [-0.4, -0.2) is 29.9 Å². The van der Waals surface area contributed by atoms with Gasteiger partial charge in [-0.1, -0.05) is 34.6 Å². The number of rotatable bonds is 1. The molecule has 2 rings (SSSR count). The molecule has 1 saturated carbocycles. The third-order valence-corrected chi connectivity index (χ3v) is 4.63. The Bertz CT molecular complexity index is 302. The molecule has 92 valence electrons. The molecule has 0 bridgehead atoms. The normalized spacial score (nSPS) is 33.5. The van der Waals surface area contributed by atoms with Crippen molar-refractivity contribution in [3.63, 3.8) is 0 Å². The van der Waals surface area contributed by atoms with Crippen LogP contribution in [0.5, 0.6) is 0 Å². The highest BCUT2D eigenvalue weighted by atomic mass is 16.2. The molecule has 0 spiro atoms. The number of carbonyl (C=O) groups is 1. The molecule has 16 heavy (non-hydrogen) atoms. The standard InChI is InChI=1S/C13H24N2O/c1-12(2,3)10(14)11(16)15-6-8-9(7-15)13(8,4)5/h8-10H,6-7,14H2,1-5H3/t8-,9?,10-/m1/s1. The monoisotopic (exact) mass is 224 g/mol. The first kappa shape index (κ1) is 11.9. The molecule has 1 unspecified atom stereocenters. The van der Waals surface area contributed by atoms with Gasteiger partial charge >= 0.3 is 0 Å². The molecule has 0 aromatic rings. The van der Waals surface area contributed by atoms with Crippen LogP contribution in [0.3, 0.4) is 0 Å². The van der Waals surface area contributed by atoms with Gasteiger partial charge in [0, 0.05) is 13.1 Å². The largest absolute Gasteiger partial charge is 0.341 e. The average Bonchev–Trinajstić information content (AvgIpc) is 2.57. The molecule has 1 heterocycles. The first-order valence-corrected chi connectivity index (χ1v) is 6.20. The summed E-state index contributed by atoms with van der Waals surface area (Å²) in [4.78, 5) is 14.1. The van der Waals surface area contributed by atoms with E-state index in [1.54, 1.807) is 0 Å². The summed E-state index contributed by atoms with van der Waals surface area (Å²) in [6, 6.07) is -0.367. The number of fused-ring (bicyclic) bond motifs is 1. The van der Waals surface area contributed by atoms with E-state index in [4.69, 9.17) is 5.73 Å². The van der Waals surface area contributed by atoms with E-state index in [9.17, 15) is 4.79 Å². The Morgan fingerprint density at radius 1 is 1.31 bits per heavy atom. The smallest absolute Gasteiger partial charge is 0.240 e. The summed E-state index contributed by atoms with van der Waals surface area (Å²) in [5, 5.41) is 0.